The molecule has 1 fully saturated rings. The van der Waals surface area contributed by atoms with Gasteiger partial charge in [0.2, 0.25) is 11.8 Å². The van der Waals surface area contributed by atoms with Crippen molar-refractivity contribution in [1.29, 1.82) is 0 Å². The van der Waals surface area contributed by atoms with E-state index in [1.165, 1.54) is 0 Å². The molecule has 25 heavy (non-hydrogen) atoms. The molecule has 0 spiro atoms. The lowest BCUT2D eigenvalue weighted by Crippen LogP contribution is -2.29. The molecule has 0 saturated heterocycles. The minimum Gasteiger partial charge on any atom is -0.352 e. The van der Waals surface area contributed by atoms with Gasteiger partial charge in [-0.25, -0.2) is 0 Å². The van der Waals surface area contributed by atoms with Crippen molar-refractivity contribution in [3.63, 3.8) is 0 Å². The summed E-state index contributed by atoms with van der Waals surface area (Å²) in [6, 6.07) is 10.6. The van der Waals surface area contributed by atoms with E-state index in [2.05, 4.69) is 15.6 Å². The summed E-state index contributed by atoms with van der Waals surface area (Å²) in [6.45, 7) is 2.02. The summed E-state index contributed by atoms with van der Waals surface area (Å²) < 4.78 is 0. The molecular weight excluding hydrogens is 318 g/mol. The summed E-state index contributed by atoms with van der Waals surface area (Å²) in [5, 5.41) is 5.60. The van der Waals surface area contributed by atoms with Crippen LogP contribution in [0.5, 0.6) is 0 Å². The van der Waals surface area contributed by atoms with Crippen LogP contribution in [0.2, 0.25) is 0 Å². The summed E-state index contributed by atoms with van der Waals surface area (Å²) in [7, 11) is 0. The lowest BCUT2D eigenvalue weighted by atomic mass is 9.92. The van der Waals surface area contributed by atoms with Crippen LogP contribution in [0.1, 0.15) is 22.8 Å². The highest BCUT2D eigenvalue weighted by Crippen LogP contribution is 2.62. The zero-order valence-electron chi connectivity index (χ0n) is 13.7. The Morgan fingerprint density at radius 3 is 2.80 bits per heavy atom. The van der Waals surface area contributed by atoms with E-state index in [-0.39, 0.29) is 17.6 Å². The SMILES string of the molecule is C[C@]12C(=O)c3ccccc3NC(=O)[C@@H]1[C@H]2C(=O)NCc1cccnc1. The zero-order valence-corrected chi connectivity index (χ0v) is 13.7. The van der Waals surface area contributed by atoms with E-state index in [0.29, 0.717) is 17.8 Å². The molecule has 1 aromatic heterocycles. The van der Waals surface area contributed by atoms with Gasteiger partial charge in [-0.15, -0.1) is 0 Å². The number of ketones is 1. The standard InChI is InChI=1S/C19H17N3O3/c1-19-14(17(24)21-10-11-5-4-8-20-9-11)15(19)18(25)22-13-7-3-2-6-12(13)16(19)23/h2-9,14-15H,10H2,1H3,(H,21,24)(H,22,25)/t14-,15-,19+/m0/s1. The minimum absolute atomic E-state index is 0.159. The van der Waals surface area contributed by atoms with Gasteiger partial charge in [0.15, 0.2) is 5.78 Å². The third-order valence-electron chi connectivity index (χ3n) is 5.19. The quantitative estimate of drug-likeness (QED) is 0.895. The van der Waals surface area contributed by atoms with Gasteiger partial charge in [-0.1, -0.05) is 25.1 Å². The van der Waals surface area contributed by atoms with Crippen LogP contribution in [-0.2, 0) is 16.1 Å². The third-order valence-corrected chi connectivity index (χ3v) is 5.19. The van der Waals surface area contributed by atoms with Crippen molar-refractivity contribution in [3.8, 4) is 0 Å². The second kappa shape index (κ2) is 5.51. The Hall–Kier alpha value is -3.02. The number of nitrogens with one attached hydrogen (secondary N) is 2. The van der Waals surface area contributed by atoms with Crippen molar-refractivity contribution in [2.75, 3.05) is 5.32 Å². The summed E-state index contributed by atoms with van der Waals surface area (Å²) in [5.41, 5.74) is 0.849. The molecule has 2 aromatic rings. The van der Waals surface area contributed by atoms with Gasteiger partial charge in [-0.05, 0) is 23.8 Å². The number of carbonyl (C=O) groups is 3. The smallest absolute Gasteiger partial charge is 0.229 e. The second-order valence-electron chi connectivity index (χ2n) is 6.68. The number of carbonyl (C=O) groups excluding carboxylic acids is 3. The first-order valence-electron chi connectivity index (χ1n) is 8.15. The first kappa shape index (κ1) is 15.5. The maximum atomic E-state index is 13.0. The number of benzene rings is 1. The average molecular weight is 335 g/mol. The Kier molecular flexibility index (Phi) is 3.42. The normalized spacial score (nSPS) is 26.8. The predicted molar refractivity (Wildman–Crippen MR) is 90.6 cm³/mol. The molecule has 1 aliphatic carbocycles. The highest BCUT2D eigenvalue weighted by Gasteiger charge is 2.73. The Bertz CT molecular complexity index is 880. The van der Waals surface area contributed by atoms with Crippen LogP contribution in [-0.4, -0.2) is 22.6 Å². The Balaban J connectivity index is 1.57. The van der Waals surface area contributed by atoms with E-state index in [4.69, 9.17) is 0 Å². The average Bonchev–Trinajstić information content (AvgIpc) is 3.28. The topological polar surface area (TPSA) is 88.2 Å². The molecule has 1 saturated carbocycles. The number of anilines is 1. The number of aromatic nitrogens is 1. The number of hydrogen-bond donors (Lipinski definition) is 2. The van der Waals surface area contributed by atoms with Crippen molar-refractivity contribution in [2.24, 2.45) is 17.3 Å². The third kappa shape index (κ3) is 2.33. The Morgan fingerprint density at radius 2 is 2.04 bits per heavy atom. The van der Waals surface area contributed by atoms with E-state index in [1.807, 2.05) is 6.07 Å². The van der Waals surface area contributed by atoms with Gasteiger partial charge < -0.3 is 10.6 Å². The van der Waals surface area contributed by atoms with Crippen LogP contribution in [0.15, 0.2) is 48.8 Å². The van der Waals surface area contributed by atoms with E-state index in [1.54, 1.807) is 49.6 Å². The highest BCUT2D eigenvalue weighted by molar-refractivity contribution is 6.19. The monoisotopic (exact) mass is 335 g/mol. The molecule has 6 nitrogen and oxygen atoms in total. The predicted octanol–water partition coefficient (Wildman–Crippen LogP) is 1.79. The van der Waals surface area contributed by atoms with Crippen molar-refractivity contribution >= 4 is 23.3 Å². The number of rotatable bonds is 3. The molecular formula is C19H17N3O3. The van der Waals surface area contributed by atoms with Gasteiger partial charge in [-0.2, -0.15) is 0 Å². The van der Waals surface area contributed by atoms with Crippen LogP contribution in [0, 0.1) is 17.3 Å². The Morgan fingerprint density at radius 1 is 1.24 bits per heavy atom. The molecule has 2 heterocycles. The van der Waals surface area contributed by atoms with Crippen LogP contribution >= 0.6 is 0 Å². The van der Waals surface area contributed by atoms with E-state index >= 15 is 0 Å². The van der Waals surface area contributed by atoms with Crippen molar-refractivity contribution < 1.29 is 14.4 Å². The summed E-state index contributed by atoms with van der Waals surface area (Å²) in [4.78, 5) is 42.1. The second-order valence-corrected chi connectivity index (χ2v) is 6.68. The largest absolute Gasteiger partial charge is 0.352 e. The number of hydrogen-bond acceptors (Lipinski definition) is 4. The number of fused-ring (bicyclic) bond motifs is 2. The summed E-state index contributed by atoms with van der Waals surface area (Å²) in [6.07, 6.45) is 3.33. The van der Waals surface area contributed by atoms with Crippen molar-refractivity contribution in [2.45, 2.75) is 13.5 Å². The number of amides is 2. The van der Waals surface area contributed by atoms with E-state index in [0.717, 1.165) is 5.56 Å². The van der Waals surface area contributed by atoms with Gasteiger partial charge in [-0.3, -0.25) is 19.4 Å². The van der Waals surface area contributed by atoms with Crippen LogP contribution in [0.25, 0.3) is 0 Å². The molecule has 0 radical (unpaired) electrons. The molecule has 4 rings (SSSR count). The van der Waals surface area contributed by atoms with Crippen LogP contribution in [0.3, 0.4) is 0 Å². The maximum Gasteiger partial charge on any atom is 0.229 e. The molecule has 3 atom stereocenters. The Labute approximate surface area is 144 Å². The van der Waals surface area contributed by atoms with Crippen LogP contribution < -0.4 is 10.6 Å². The summed E-state index contributed by atoms with van der Waals surface area (Å²) in [5.74, 6) is -2.00. The molecule has 1 aromatic carbocycles. The fourth-order valence-electron chi connectivity index (χ4n) is 3.74. The molecule has 126 valence electrons. The molecule has 6 heteroatoms. The minimum atomic E-state index is -0.990. The fraction of sp³-hybridized carbons (Fsp3) is 0.263. The summed E-state index contributed by atoms with van der Waals surface area (Å²) >= 11 is 0. The first-order chi connectivity index (χ1) is 12.0. The number of pyridine rings is 1. The van der Waals surface area contributed by atoms with E-state index in [9.17, 15) is 14.4 Å². The van der Waals surface area contributed by atoms with Crippen LogP contribution in [0.4, 0.5) is 5.69 Å². The van der Waals surface area contributed by atoms with Gasteiger partial charge in [0, 0.05) is 24.5 Å². The van der Waals surface area contributed by atoms with E-state index < -0.39 is 17.3 Å². The van der Waals surface area contributed by atoms with Gasteiger partial charge in [0.1, 0.15) is 0 Å². The molecule has 1 aliphatic heterocycles. The maximum absolute atomic E-state index is 13.0. The highest BCUT2D eigenvalue weighted by atomic mass is 16.2. The lowest BCUT2D eigenvalue weighted by Gasteiger charge is -2.12. The fourth-order valence-corrected chi connectivity index (χ4v) is 3.74. The lowest BCUT2D eigenvalue weighted by molar-refractivity contribution is -0.125. The molecule has 2 aliphatic rings. The van der Waals surface area contributed by atoms with Crippen molar-refractivity contribution in [3.05, 3.63) is 59.9 Å². The number of Topliss-reactive ketones (excluding diaryl/α,β-unsaturated/α-hetero) is 1. The first-order valence-corrected chi connectivity index (χ1v) is 8.15. The molecule has 0 unspecified atom stereocenters. The molecule has 2 amide bonds. The van der Waals surface area contributed by atoms with Gasteiger partial charge in [0.05, 0.1) is 22.9 Å². The van der Waals surface area contributed by atoms with Crippen molar-refractivity contribution in [1.82, 2.24) is 10.3 Å². The van der Waals surface area contributed by atoms with Gasteiger partial charge >= 0.3 is 0 Å². The number of nitrogens with zero attached hydrogens (tertiary/aromatic N) is 1. The number of para-hydroxylation sites is 1. The van der Waals surface area contributed by atoms with Gasteiger partial charge in [0.25, 0.3) is 0 Å². The zero-order chi connectivity index (χ0) is 17.6. The molecule has 0 bridgehead atoms. The molecule has 2 N–H and O–H groups in total.